The molecule has 6 N–H and O–H groups in total. The van der Waals surface area contributed by atoms with Crippen molar-refractivity contribution in [1.29, 1.82) is 0 Å². The van der Waals surface area contributed by atoms with Gasteiger partial charge in [-0.2, -0.15) is 0 Å². The summed E-state index contributed by atoms with van der Waals surface area (Å²) in [6.45, 7) is 0.802. The molecular weight excluding hydrogens is 829 g/mol. The second-order valence-electron chi connectivity index (χ2n) is 13.0. The van der Waals surface area contributed by atoms with Crippen molar-refractivity contribution in [3.8, 4) is 0 Å². The van der Waals surface area contributed by atoms with Gasteiger partial charge in [0.2, 0.25) is 26.0 Å². The summed E-state index contributed by atoms with van der Waals surface area (Å²) in [5, 5.41) is 39.3. The number of sulfonamides is 2. The Morgan fingerprint density at radius 2 is 1.10 bits per heavy atom. The van der Waals surface area contributed by atoms with Gasteiger partial charge in [0.25, 0.3) is 11.4 Å². The Kier molecular flexibility index (Phi) is 19.6. The Bertz CT molecular complexity index is 2210. The molecule has 4 aromatic carbocycles. The Morgan fingerprint density at radius 3 is 1.47 bits per heavy atom. The van der Waals surface area contributed by atoms with Crippen LogP contribution in [0.1, 0.15) is 21.7 Å². The second-order valence-corrected chi connectivity index (χ2v) is 18.3. The van der Waals surface area contributed by atoms with Crippen molar-refractivity contribution in [2.24, 2.45) is 10.3 Å². The fourth-order valence-corrected chi connectivity index (χ4v) is 7.95. The van der Waals surface area contributed by atoms with Crippen LogP contribution in [0.3, 0.4) is 0 Å². The number of primary sulfonamides is 2. The number of nitro benzene ring substituents is 2. The van der Waals surface area contributed by atoms with Crippen LogP contribution < -0.4 is 20.9 Å². The maximum atomic E-state index is 12.2. The minimum atomic E-state index is -4.08. The topological polar surface area (TPSA) is 254 Å². The number of thioether (sulfide) groups is 2. The monoisotopic (exact) mass is 880 g/mol. The molecule has 0 aliphatic rings. The summed E-state index contributed by atoms with van der Waals surface area (Å²) in [6.07, 6.45) is 0.877. The van der Waals surface area contributed by atoms with Crippen LogP contribution in [0.5, 0.6) is 0 Å². The fourth-order valence-electron chi connectivity index (χ4n) is 4.95. The summed E-state index contributed by atoms with van der Waals surface area (Å²) in [5.74, 6) is 1.03. The molecule has 58 heavy (non-hydrogen) atoms. The summed E-state index contributed by atoms with van der Waals surface area (Å²) < 4.78 is 46.0. The smallest absolute Gasteiger partial charge is 0.293 e. The van der Waals surface area contributed by atoms with E-state index in [9.17, 15) is 41.9 Å². The minimum absolute atomic E-state index is 0. The third kappa shape index (κ3) is 16.6. The van der Waals surface area contributed by atoms with Crippen molar-refractivity contribution < 1.29 is 32.9 Å². The van der Waals surface area contributed by atoms with Gasteiger partial charge in [-0.15, -0.1) is 23.5 Å². The van der Waals surface area contributed by atoms with Crippen LogP contribution in [0.4, 0.5) is 22.7 Å². The molecule has 4 aromatic rings. The summed E-state index contributed by atoms with van der Waals surface area (Å²) in [4.78, 5) is 38.8. The molecule has 0 fully saturated rings. The van der Waals surface area contributed by atoms with E-state index < -0.39 is 41.6 Å². The van der Waals surface area contributed by atoms with E-state index in [1.807, 2.05) is 79.7 Å². The van der Waals surface area contributed by atoms with Gasteiger partial charge in [-0.05, 0) is 75.6 Å². The fraction of sp³-hybridized carbons (Fsp3) is 0.324. The summed E-state index contributed by atoms with van der Waals surface area (Å²) >= 11 is 3.16. The Morgan fingerprint density at radius 1 is 0.707 bits per heavy atom. The number of benzene rings is 4. The van der Waals surface area contributed by atoms with Crippen molar-refractivity contribution in [3.05, 3.63) is 117 Å². The Balaban J connectivity index is 0.000000571. The molecule has 0 aliphatic carbocycles. The van der Waals surface area contributed by atoms with Crippen molar-refractivity contribution in [2.45, 2.75) is 51.9 Å². The maximum Gasteiger partial charge on any atom is 0.293 e. The number of rotatable bonds is 19. The lowest BCUT2D eigenvalue weighted by Crippen LogP contribution is -2.32. The molecular formula is C37H52N8O9S4. The standard InChI is InChI=1S/C18H22N4O5S2.C18H24N4O4S2.CH4.H2/c1-21(2)18(23)10-13(12-28-14-6-4-3-5-7-14)20-16-9-8-15(29(19,26)27)11-17(16)22(24)25;1-21(2)11-10-14(13-27-15-6-4-3-5-7-15)20-17-9-8-16(28(19,25)26)12-18(17)22(23)24;;/h3-9,11,13,20H,10,12H2,1-2H3,(H2,19,26,27);3-9,12,14,20H,10-11,13H2,1-2H3,(H2,19,25,26);1H4;1H. The molecule has 0 spiro atoms. The molecule has 0 aliphatic heterocycles. The van der Waals surface area contributed by atoms with Gasteiger partial charge in [-0.3, -0.25) is 25.0 Å². The molecule has 21 heteroatoms. The van der Waals surface area contributed by atoms with E-state index in [0.29, 0.717) is 11.5 Å². The number of nitrogens with two attached hydrogens (primary N) is 2. The lowest BCUT2D eigenvalue weighted by Gasteiger charge is -2.21. The van der Waals surface area contributed by atoms with E-state index in [0.717, 1.165) is 34.9 Å². The van der Waals surface area contributed by atoms with Crippen molar-refractivity contribution >= 4 is 72.2 Å². The maximum absolute atomic E-state index is 12.2. The van der Waals surface area contributed by atoms with E-state index in [4.69, 9.17) is 10.3 Å². The first-order chi connectivity index (χ1) is 26.7. The van der Waals surface area contributed by atoms with Crippen LogP contribution in [0, 0.1) is 20.2 Å². The number of nitrogens with zero attached hydrogens (tertiary/aromatic N) is 4. The molecule has 0 saturated carbocycles. The van der Waals surface area contributed by atoms with Gasteiger partial charge in [0.15, 0.2) is 0 Å². The molecule has 17 nitrogen and oxygen atoms in total. The van der Waals surface area contributed by atoms with Crippen LogP contribution in [-0.2, 0) is 24.8 Å². The zero-order valence-corrected chi connectivity index (χ0v) is 34.9. The summed E-state index contributed by atoms with van der Waals surface area (Å²) in [7, 11) is -0.902. The van der Waals surface area contributed by atoms with Crippen LogP contribution in [0.15, 0.2) is 117 Å². The predicted molar refractivity (Wildman–Crippen MR) is 233 cm³/mol. The molecule has 4 rings (SSSR count). The molecule has 318 valence electrons. The predicted octanol–water partition coefficient (Wildman–Crippen LogP) is 5.94. The molecule has 0 bridgehead atoms. The number of carbonyl (C=O) groups excluding carboxylic acids is 1. The number of nitrogens with one attached hydrogen (secondary N) is 2. The lowest BCUT2D eigenvalue weighted by molar-refractivity contribution is -0.384. The highest BCUT2D eigenvalue weighted by Gasteiger charge is 2.24. The van der Waals surface area contributed by atoms with Gasteiger partial charge in [-0.1, -0.05) is 43.8 Å². The van der Waals surface area contributed by atoms with E-state index in [-0.39, 0.29) is 54.1 Å². The van der Waals surface area contributed by atoms with Gasteiger partial charge in [0, 0.05) is 67.5 Å². The third-order valence-corrected chi connectivity index (χ3v) is 12.1. The Labute approximate surface area is 349 Å². The van der Waals surface area contributed by atoms with Crippen molar-refractivity contribution in [1.82, 2.24) is 9.80 Å². The molecule has 1 amide bonds. The third-order valence-electron chi connectivity index (χ3n) is 7.94. The van der Waals surface area contributed by atoms with E-state index >= 15 is 0 Å². The molecule has 2 unspecified atom stereocenters. The van der Waals surface area contributed by atoms with Gasteiger partial charge in [0.1, 0.15) is 11.4 Å². The highest BCUT2D eigenvalue weighted by molar-refractivity contribution is 7.99. The van der Waals surface area contributed by atoms with Crippen molar-refractivity contribution in [3.63, 3.8) is 0 Å². The van der Waals surface area contributed by atoms with Crippen LogP contribution in [0.2, 0.25) is 0 Å². The summed E-state index contributed by atoms with van der Waals surface area (Å²) in [6, 6.07) is 26.0. The van der Waals surface area contributed by atoms with Crippen LogP contribution in [-0.4, -0.2) is 101 Å². The molecule has 2 atom stereocenters. The quantitative estimate of drug-likeness (QED) is 0.0483. The average Bonchev–Trinajstić information content (AvgIpc) is 3.15. The normalized spacial score (nSPS) is 12.3. The zero-order valence-electron chi connectivity index (χ0n) is 31.7. The number of anilines is 2. The highest BCUT2D eigenvalue weighted by atomic mass is 32.2. The van der Waals surface area contributed by atoms with Gasteiger partial charge < -0.3 is 20.4 Å². The minimum Gasteiger partial charge on any atom is -0.376 e. The second kappa shape index (κ2) is 23.0. The highest BCUT2D eigenvalue weighted by Crippen LogP contribution is 2.31. The number of hydrogen-bond donors (Lipinski definition) is 4. The molecule has 0 radical (unpaired) electrons. The van der Waals surface area contributed by atoms with Gasteiger partial charge in [0.05, 0.1) is 19.6 Å². The average molecular weight is 881 g/mol. The molecule has 0 aromatic heterocycles. The first-order valence-corrected chi connectivity index (χ1v) is 22.2. The molecule has 0 heterocycles. The van der Waals surface area contributed by atoms with Crippen molar-refractivity contribution in [2.75, 3.05) is 56.9 Å². The lowest BCUT2D eigenvalue weighted by atomic mass is 10.2. The van der Waals surface area contributed by atoms with Gasteiger partial charge in [-0.25, -0.2) is 27.1 Å². The SMILES string of the molecule is C.CN(C)C(=O)CC(CSc1ccccc1)Nc1ccc(S(N)(=O)=O)cc1[N+](=O)[O-].CN(C)CCC(CSc1ccccc1)Nc1ccc(S(N)(=O)=O)cc1[N+](=O)[O-].[HH]. The van der Waals surface area contributed by atoms with Crippen LogP contribution in [0.25, 0.3) is 0 Å². The largest absolute Gasteiger partial charge is 0.376 e. The number of hydrogen-bond acceptors (Lipinski definition) is 14. The molecule has 0 saturated heterocycles. The van der Waals surface area contributed by atoms with E-state index in [2.05, 4.69) is 10.6 Å². The number of carbonyl (C=O) groups is 1. The first kappa shape index (κ1) is 49.4. The zero-order chi connectivity index (χ0) is 42.3. The van der Waals surface area contributed by atoms with E-state index in [1.54, 1.807) is 25.9 Å². The summed E-state index contributed by atoms with van der Waals surface area (Å²) in [5.41, 5.74) is -0.350. The van der Waals surface area contributed by atoms with Crippen LogP contribution >= 0.6 is 23.5 Å². The van der Waals surface area contributed by atoms with Gasteiger partial charge >= 0.3 is 0 Å². The first-order valence-electron chi connectivity index (χ1n) is 17.1. The number of nitro groups is 2. The van der Waals surface area contributed by atoms with E-state index in [1.165, 1.54) is 40.9 Å². The number of amides is 1. The Hall–Kier alpha value is -4.77.